The fourth-order valence-corrected chi connectivity index (χ4v) is 2.42. The van der Waals surface area contributed by atoms with Crippen LogP contribution in [-0.4, -0.2) is 23.0 Å². The second-order valence-corrected chi connectivity index (χ2v) is 5.21. The Bertz CT molecular complexity index is 826. The molecule has 0 aliphatic carbocycles. The van der Waals surface area contributed by atoms with E-state index in [0.717, 1.165) is 22.3 Å². The normalized spacial score (nSPS) is 11.9. The highest BCUT2D eigenvalue weighted by Crippen LogP contribution is 2.23. The summed E-state index contributed by atoms with van der Waals surface area (Å²) in [4.78, 5) is 20.2. The molecule has 3 aromatic rings. The van der Waals surface area contributed by atoms with E-state index in [4.69, 9.17) is 4.74 Å². The van der Waals surface area contributed by atoms with Crippen LogP contribution in [-0.2, 0) is 4.74 Å². The van der Waals surface area contributed by atoms with Crippen LogP contribution in [0.4, 0.5) is 5.82 Å². The molecule has 1 atom stereocenters. The summed E-state index contributed by atoms with van der Waals surface area (Å²) in [7, 11) is 1.37. The van der Waals surface area contributed by atoms with Gasteiger partial charge in [-0.25, -0.2) is 9.78 Å². The van der Waals surface area contributed by atoms with Gasteiger partial charge in [0.05, 0.1) is 18.7 Å². The Morgan fingerprint density at radius 2 is 1.87 bits per heavy atom. The Morgan fingerprint density at radius 1 is 1.09 bits per heavy atom. The van der Waals surface area contributed by atoms with Gasteiger partial charge in [-0.15, -0.1) is 0 Å². The molecule has 3 rings (SSSR count). The van der Waals surface area contributed by atoms with Gasteiger partial charge in [0.2, 0.25) is 0 Å². The lowest BCUT2D eigenvalue weighted by Gasteiger charge is -2.16. The van der Waals surface area contributed by atoms with Crippen molar-refractivity contribution in [3.05, 3.63) is 66.0 Å². The van der Waals surface area contributed by atoms with Gasteiger partial charge in [0.25, 0.3) is 0 Å². The Morgan fingerprint density at radius 3 is 2.61 bits per heavy atom. The van der Waals surface area contributed by atoms with Crippen molar-refractivity contribution in [2.24, 2.45) is 0 Å². The number of methoxy groups -OCH3 is 1. The molecule has 0 aliphatic heterocycles. The number of carbonyl (C=O) groups is 1. The molecule has 116 valence electrons. The maximum atomic E-state index is 11.5. The summed E-state index contributed by atoms with van der Waals surface area (Å²) in [5.41, 5.74) is 2.42. The predicted octanol–water partition coefficient (Wildman–Crippen LogP) is 3.59. The fraction of sp³-hybridized carbons (Fsp3) is 0.167. The zero-order valence-electron chi connectivity index (χ0n) is 13.0. The van der Waals surface area contributed by atoms with Crippen molar-refractivity contribution < 1.29 is 9.53 Å². The highest BCUT2D eigenvalue weighted by atomic mass is 16.5. The molecular weight excluding hydrogens is 290 g/mol. The van der Waals surface area contributed by atoms with Crippen LogP contribution in [0.3, 0.4) is 0 Å². The number of hydrogen-bond acceptors (Lipinski definition) is 5. The van der Waals surface area contributed by atoms with Crippen LogP contribution in [0.1, 0.15) is 28.9 Å². The summed E-state index contributed by atoms with van der Waals surface area (Å²) in [6.07, 6.45) is 3.52. The molecule has 0 amide bonds. The van der Waals surface area contributed by atoms with Gasteiger partial charge < -0.3 is 10.1 Å². The third kappa shape index (κ3) is 3.13. The molecule has 1 aromatic carbocycles. The molecule has 0 fully saturated rings. The predicted molar refractivity (Wildman–Crippen MR) is 89.4 cm³/mol. The number of rotatable bonds is 4. The summed E-state index contributed by atoms with van der Waals surface area (Å²) in [6, 6.07) is 13.2. The molecule has 0 spiro atoms. The number of fused-ring (bicyclic) bond motifs is 1. The lowest BCUT2D eigenvalue weighted by molar-refractivity contribution is 0.0600. The van der Waals surface area contributed by atoms with Gasteiger partial charge in [-0.1, -0.05) is 18.2 Å². The topological polar surface area (TPSA) is 64.1 Å². The van der Waals surface area contributed by atoms with Crippen LogP contribution < -0.4 is 5.32 Å². The number of esters is 1. The molecule has 5 nitrogen and oxygen atoms in total. The van der Waals surface area contributed by atoms with E-state index in [0.29, 0.717) is 5.56 Å². The highest BCUT2D eigenvalue weighted by Gasteiger charge is 2.11. The minimum atomic E-state index is -0.336. The van der Waals surface area contributed by atoms with E-state index < -0.39 is 0 Å². The van der Waals surface area contributed by atoms with E-state index in [1.54, 1.807) is 24.5 Å². The van der Waals surface area contributed by atoms with Gasteiger partial charge in [-0.2, -0.15) is 0 Å². The van der Waals surface area contributed by atoms with Crippen LogP contribution in [0.25, 0.3) is 10.9 Å². The van der Waals surface area contributed by atoms with E-state index in [2.05, 4.69) is 15.3 Å². The average Bonchev–Trinajstić information content (AvgIpc) is 2.61. The largest absolute Gasteiger partial charge is 0.465 e. The first kappa shape index (κ1) is 15.0. The number of hydrogen-bond donors (Lipinski definition) is 1. The quantitative estimate of drug-likeness (QED) is 0.746. The van der Waals surface area contributed by atoms with Crippen LogP contribution in [0.2, 0.25) is 0 Å². The van der Waals surface area contributed by atoms with Gasteiger partial charge >= 0.3 is 5.97 Å². The molecule has 0 aliphatic rings. The van der Waals surface area contributed by atoms with E-state index in [-0.39, 0.29) is 12.0 Å². The lowest BCUT2D eigenvalue weighted by atomic mass is 10.1. The first-order valence-corrected chi connectivity index (χ1v) is 7.33. The Kier molecular flexibility index (Phi) is 4.19. The smallest absolute Gasteiger partial charge is 0.337 e. The first-order valence-electron chi connectivity index (χ1n) is 7.33. The number of anilines is 1. The number of nitrogens with one attached hydrogen (secondary N) is 1. The third-order valence-corrected chi connectivity index (χ3v) is 3.71. The molecule has 2 aromatic heterocycles. The van der Waals surface area contributed by atoms with Crippen molar-refractivity contribution >= 4 is 22.7 Å². The van der Waals surface area contributed by atoms with Gasteiger partial charge in [0.15, 0.2) is 5.82 Å². The van der Waals surface area contributed by atoms with Gasteiger partial charge in [0, 0.05) is 17.8 Å². The second kappa shape index (κ2) is 6.44. The summed E-state index contributed by atoms with van der Waals surface area (Å²) < 4.78 is 4.71. The van der Waals surface area contributed by atoms with Crippen molar-refractivity contribution in [1.29, 1.82) is 0 Å². The zero-order valence-corrected chi connectivity index (χ0v) is 13.0. The number of aromatic nitrogens is 2. The monoisotopic (exact) mass is 307 g/mol. The van der Waals surface area contributed by atoms with Crippen molar-refractivity contribution in [2.75, 3.05) is 12.4 Å². The Labute approximate surface area is 134 Å². The highest BCUT2D eigenvalue weighted by molar-refractivity contribution is 5.89. The Balaban J connectivity index is 1.83. The van der Waals surface area contributed by atoms with Crippen molar-refractivity contribution in [3.63, 3.8) is 0 Å². The maximum absolute atomic E-state index is 11.5. The molecule has 0 saturated carbocycles. The molecule has 0 radical (unpaired) electrons. The van der Waals surface area contributed by atoms with E-state index in [1.165, 1.54) is 7.11 Å². The molecule has 23 heavy (non-hydrogen) atoms. The molecule has 2 heterocycles. The molecule has 0 bridgehead atoms. The van der Waals surface area contributed by atoms with Crippen LogP contribution in [0, 0.1) is 0 Å². The zero-order chi connectivity index (χ0) is 16.2. The van der Waals surface area contributed by atoms with E-state index in [1.807, 2.05) is 37.3 Å². The lowest BCUT2D eigenvalue weighted by Crippen LogP contribution is -2.09. The molecular formula is C18H17N3O2. The Hall–Kier alpha value is -2.95. The van der Waals surface area contributed by atoms with Crippen LogP contribution in [0.5, 0.6) is 0 Å². The van der Waals surface area contributed by atoms with E-state index >= 15 is 0 Å². The minimum absolute atomic E-state index is 0.0294. The standard InChI is InChI=1S/C18H17N3O2/c1-12(13-5-7-15(8-6-13)18(22)23-2)21-17-16-14(9-11-20-17)4-3-10-19-16/h3-12H,1-2H3,(H,20,21). The molecule has 1 N–H and O–H groups in total. The number of ether oxygens (including phenoxy) is 1. The van der Waals surface area contributed by atoms with Gasteiger partial charge in [-0.05, 0) is 36.8 Å². The minimum Gasteiger partial charge on any atom is -0.465 e. The summed E-state index contributed by atoms with van der Waals surface area (Å²) in [5.74, 6) is 0.407. The van der Waals surface area contributed by atoms with Gasteiger partial charge in [-0.3, -0.25) is 4.98 Å². The van der Waals surface area contributed by atoms with Crippen molar-refractivity contribution in [1.82, 2.24) is 9.97 Å². The van der Waals surface area contributed by atoms with Crippen LogP contribution >= 0.6 is 0 Å². The maximum Gasteiger partial charge on any atom is 0.337 e. The third-order valence-electron chi connectivity index (χ3n) is 3.71. The number of benzene rings is 1. The van der Waals surface area contributed by atoms with Crippen molar-refractivity contribution in [2.45, 2.75) is 13.0 Å². The van der Waals surface area contributed by atoms with Crippen LogP contribution in [0.15, 0.2) is 54.9 Å². The summed E-state index contributed by atoms with van der Waals surface area (Å²) in [6.45, 7) is 2.04. The van der Waals surface area contributed by atoms with Gasteiger partial charge in [0.1, 0.15) is 5.52 Å². The van der Waals surface area contributed by atoms with Crippen molar-refractivity contribution in [3.8, 4) is 0 Å². The fourth-order valence-electron chi connectivity index (χ4n) is 2.42. The first-order chi connectivity index (χ1) is 11.2. The molecule has 1 unspecified atom stereocenters. The second-order valence-electron chi connectivity index (χ2n) is 5.21. The number of pyridine rings is 2. The molecule has 5 heteroatoms. The summed E-state index contributed by atoms with van der Waals surface area (Å²) >= 11 is 0. The number of carbonyl (C=O) groups excluding carboxylic acids is 1. The number of nitrogens with zero attached hydrogens (tertiary/aromatic N) is 2. The summed E-state index contributed by atoms with van der Waals surface area (Å²) in [5, 5.41) is 4.41. The molecule has 0 saturated heterocycles. The van der Waals surface area contributed by atoms with E-state index in [9.17, 15) is 4.79 Å². The SMILES string of the molecule is COC(=O)c1ccc(C(C)Nc2nccc3cccnc23)cc1. The average molecular weight is 307 g/mol.